The summed E-state index contributed by atoms with van der Waals surface area (Å²) in [5.41, 5.74) is 9.54. The van der Waals surface area contributed by atoms with E-state index in [0.29, 0.717) is 16.7 Å². The number of hydrogen-bond acceptors (Lipinski definition) is 10. The molecule has 3 aliphatic rings. The van der Waals surface area contributed by atoms with E-state index in [1.54, 1.807) is 32.0 Å². The predicted octanol–water partition coefficient (Wildman–Crippen LogP) is 2.34. The highest BCUT2D eigenvalue weighted by molar-refractivity contribution is 6.23. The topological polar surface area (TPSA) is 210 Å². The number of hydrogen-bond donors (Lipinski definition) is 6. The minimum Gasteiger partial charge on any atom is -0.508 e. The molecule has 1 saturated carbocycles. The number of nitrogen functional groups attached to an aromatic ring is 1. The summed E-state index contributed by atoms with van der Waals surface area (Å²) in [4.78, 5) is 51.6. The summed E-state index contributed by atoms with van der Waals surface area (Å²) in [6.07, 6.45) is 0.0937. The number of ketones is 2. The molecule has 2 aromatic carbocycles. The lowest BCUT2D eigenvalue weighted by molar-refractivity contribution is -0.155. The zero-order chi connectivity index (χ0) is 30.1. The van der Waals surface area contributed by atoms with Gasteiger partial charge in [0.1, 0.15) is 22.8 Å². The van der Waals surface area contributed by atoms with Crippen molar-refractivity contribution >= 4 is 34.9 Å². The maximum Gasteiger partial charge on any atom is 0.337 e. The molecular formula is C30H30N2O9. The molecule has 41 heavy (non-hydrogen) atoms. The third-order valence-electron chi connectivity index (χ3n) is 8.54. The van der Waals surface area contributed by atoms with E-state index in [1.807, 2.05) is 0 Å². The van der Waals surface area contributed by atoms with Gasteiger partial charge >= 0.3 is 5.97 Å². The van der Waals surface area contributed by atoms with E-state index in [4.69, 9.17) is 16.2 Å². The lowest BCUT2D eigenvalue weighted by Crippen LogP contribution is -2.62. The lowest BCUT2D eigenvalue weighted by Gasteiger charge is -2.50. The number of nitrogens with two attached hydrogens (primary N) is 2. The first-order valence-electron chi connectivity index (χ1n) is 13.1. The molecule has 0 aliphatic heterocycles. The van der Waals surface area contributed by atoms with Gasteiger partial charge in [-0.3, -0.25) is 14.4 Å². The summed E-state index contributed by atoms with van der Waals surface area (Å²) in [7, 11) is 1.24. The first-order valence-corrected chi connectivity index (χ1v) is 13.1. The molecule has 0 unspecified atom stereocenters. The summed E-state index contributed by atoms with van der Waals surface area (Å²) < 4.78 is 4.82. The Kier molecular flexibility index (Phi) is 6.45. The number of esters is 1. The minimum absolute atomic E-state index is 0.00873. The molecule has 0 radical (unpaired) electrons. The summed E-state index contributed by atoms with van der Waals surface area (Å²) in [6, 6.07) is 7.53. The van der Waals surface area contributed by atoms with Crippen molar-refractivity contribution in [1.29, 1.82) is 0 Å². The summed E-state index contributed by atoms with van der Waals surface area (Å²) in [5.74, 6) is -9.08. The number of rotatable bonds is 4. The number of ether oxygens (including phenoxy) is 1. The molecule has 4 atom stereocenters. The summed E-state index contributed by atoms with van der Waals surface area (Å²) in [5, 5.41) is 44.9. The van der Waals surface area contributed by atoms with Gasteiger partial charge < -0.3 is 36.6 Å². The van der Waals surface area contributed by atoms with Crippen molar-refractivity contribution in [2.24, 2.45) is 29.4 Å². The van der Waals surface area contributed by atoms with Crippen LogP contribution in [-0.2, 0) is 25.5 Å². The number of phenols is 1. The van der Waals surface area contributed by atoms with Gasteiger partial charge in [-0.05, 0) is 65.6 Å². The van der Waals surface area contributed by atoms with Gasteiger partial charge in [-0.1, -0.05) is 19.9 Å². The quantitative estimate of drug-likeness (QED) is 0.182. The highest BCUT2D eigenvalue weighted by atomic mass is 16.5. The predicted molar refractivity (Wildman–Crippen MR) is 146 cm³/mol. The minimum atomic E-state index is -2.68. The maximum atomic E-state index is 14.0. The smallest absolute Gasteiger partial charge is 0.337 e. The molecule has 3 aliphatic carbocycles. The SMILES string of the molecule is COC(=O)c1cc(N)cc(-c2ccc(O)c3c2C[C@H]2C[C@H]4[C@H](C(C)C)C(=O)C(C(N)=O)=C(O)[C@@]4(O)C(=O)C2=C3O)c1. The largest absolute Gasteiger partial charge is 0.508 e. The first kappa shape index (κ1) is 27.9. The van der Waals surface area contributed by atoms with Crippen molar-refractivity contribution in [2.45, 2.75) is 32.3 Å². The molecule has 5 rings (SSSR count). The van der Waals surface area contributed by atoms with Crippen LogP contribution in [0.2, 0.25) is 0 Å². The van der Waals surface area contributed by atoms with Crippen LogP contribution in [0.4, 0.5) is 5.69 Å². The van der Waals surface area contributed by atoms with E-state index in [-0.39, 0.29) is 41.0 Å². The maximum absolute atomic E-state index is 14.0. The number of primary amides is 1. The number of carbonyl (C=O) groups excluding carboxylic acids is 4. The van der Waals surface area contributed by atoms with Crippen molar-refractivity contribution < 1.29 is 44.3 Å². The summed E-state index contributed by atoms with van der Waals surface area (Å²) >= 11 is 0. The summed E-state index contributed by atoms with van der Waals surface area (Å²) in [6.45, 7) is 3.39. The number of fused-ring (bicyclic) bond motifs is 3. The zero-order valence-electron chi connectivity index (χ0n) is 22.6. The number of anilines is 1. The fourth-order valence-electron chi connectivity index (χ4n) is 6.80. The molecular weight excluding hydrogens is 532 g/mol. The number of amides is 1. The Bertz CT molecular complexity index is 1620. The number of phenolic OH excluding ortho intramolecular Hbond substituents is 1. The molecule has 0 aromatic heterocycles. The van der Waals surface area contributed by atoms with Crippen LogP contribution in [0.25, 0.3) is 16.9 Å². The molecule has 214 valence electrons. The van der Waals surface area contributed by atoms with Gasteiger partial charge in [0, 0.05) is 23.1 Å². The van der Waals surface area contributed by atoms with Crippen molar-refractivity contribution in [2.75, 3.05) is 12.8 Å². The highest BCUT2D eigenvalue weighted by Crippen LogP contribution is 2.55. The number of methoxy groups -OCH3 is 1. The fourth-order valence-corrected chi connectivity index (χ4v) is 6.80. The molecule has 0 saturated heterocycles. The van der Waals surface area contributed by atoms with Crippen LogP contribution >= 0.6 is 0 Å². The number of benzene rings is 2. The zero-order valence-corrected chi connectivity index (χ0v) is 22.6. The molecule has 11 nitrogen and oxygen atoms in total. The van der Waals surface area contributed by atoms with Crippen molar-refractivity contribution in [1.82, 2.24) is 0 Å². The van der Waals surface area contributed by atoms with E-state index in [0.717, 1.165) is 0 Å². The molecule has 1 amide bonds. The normalized spacial score (nSPS) is 25.5. The van der Waals surface area contributed by atoms with Crippen LogP contribution in [0.3, 0.4) is 0 Å². The Hall–Kier alpha value is -4.64. The number of aliphatic hydroxyl groups excluding tert-OH is 2. The molecule has 2 aromatic rings. The molecule has 0 bridgehead atoms. The van der Waals surface area contributed by atoms with Crippen LogP contribution in [0.1, 0.15) is 41.8 Å². The van der Waals surface area contributed by atoms with Gasteiger partial charge in [-0.25, -0.2) is 4.79 Å². The fraction of sp³-hybridized carbons (Fsp3) is 0.333. The van der Waals surface area contributed by atoms with Gasteiger partial charge in [-0.2, -0.15) is 0 Å². The van der Waals surface area contributed by atoms with Crippen molar-refractivity contribution in [3.8, 4) is 16.9 Å². The second-order valence-electron chi connectivity index (χ2n) is 11.1. The molecule has 11 heteroatoms. The number of aromatic hydroxyl groups is 1. The van der Waals surface area contributed by atoms with E-state index in [1.165, 1.54) is 19.2 Å². The lowest BCUT2D eigenvalue weighted by atomic mass is 9.54. The van der Waals surface area contributed by atoms with Crippen LogP contribution < -0.4 is 11.5 Å². The average molecular weight is 563 g/mol. The Morgan fingerprint density at radius 1 is 1.10 bits per heavy atom. The third kappa shape index (κ3) is 3.91. The molecule has 8 N–H and O–H groups in total. The van der Waals surface area contributed by atoms with Crippen molar-refractivity contribution in [3.63, 3.8) is 0 Å². The molecule has 1 fully saturated rings. The second-order valence-corrected chi connectivity index (χ2v) is 11.1. The number of aliphatic hydroxyl groups is 3. The van der Waals surface area contributed by atoms with E-state index >= 15 is 0 Å². The third-order valence-corrected chi connectivity index (χ3v) is 8.54. The monoisotopic (exact) mass is 562 g/mol. The van der Waals surface area contributed by atoms with Crippen LogP contribution in [0.5, 0.6) is 5.75 Å². The van der Waals surface area contributed by atoms with Crippen LogP contribution in [0, 0.1) is 23.7 Å². The van der Waals surface area contributed by atoms with Gasteiger partial charge in [0.25, 0.3) is 5.91 Å². The number of carbonyl (C=O) groups is 4. The van der Waals surface area contributed by atoms with Gasteiger partial charge in [-0.15, -0.1) is 0 Å². The number of Topliss-reactive ketones (excluding diaryl/α,β-unsaturated/α-hetero) is 2. The van der Waals surface area contributed by atoms with E-state index in [2.05, 4.69) is 0 Å². The Morgan fingerprint density at radius 3 is 2.39 bits per heavy atom. The van der Waals surface area contributed by atoms with Gasteiger partial charge in [0.15, 0.2) is 11.4 Å². The van der Waals surface area contributed by atoms with Crippen LogP contribution in [0.15, 0.2) is 47.2 Å². The average Bonchev–Trinajstić information content (AvgIpc) is 2.89. The highest BCUT2D eigenvalue weighted by Gasteiger charge is 2.64. The standard InChI is InChI=1S/C30H30N2O9/c1-11(2)20-18-10-13-9-17-16(12-6-14(29(39)41-3)8-15(31)7-12)4-5-19(33)22(17)25(35)21(13)26(36)30(18,40)27(37)23(24(20)34)28(32)38/h4-8,11,13,18,20,33,35,37,40H,9-10,31H2,1-3H3,(H2,32,38)/t13-,18-,20-,30-/m0/s1. The van der Waals surface area contributed by atoms with Crippen LogP contribution in [-0.4, -0.2) is 56.6 Å². The Morgan fingerprint density at radius 2 is 1.78 bits per heavy atom. The van der Waals surface area contributed by atoms with Crippen molar-refractivity contribution in [3.05, 3.63) is 63.9 Å². The van der Waals surface area contributed by atoms with Gasteiger partial charge in [0.2, 0.25) is 5.78 Å². The Balaban J connectivity index is 1.73. The first-order chi connectivity index (χ1) is 19.2. The molecule has 0 heterocycles. The van der Waals surface area contributed by atoms with E-state index in [9.17, 15) is 39.6 Å². The molecule has 0 spiro atoms. The van der Waals surface area contributed by atoms with Gasteiger partial charge in [0.05, 0.1) is 18.2 Å². The second kappa shape index (κ2) is 9.48. The van der Waals surface area contributed by atoms with E-state index < -0.39 is 69.8 Å². The Labute approximate surface area is 234 Å².